The van der Waals surface area contributed by atoms with Gasteiger partial charge in [0.2, 0.25) is 5.91 Å². The number of amides is 4. The molecule has 9 heteroatoms. The zero-order chi connectivity index (χ0) is 28.1. The Hall–Kier alpha value is -4.37. The first-order chi connectivity index (χ1) is 18.6. The third kappa shape index (κ3) is 6.94. The summed E-state index contributed by atoms with van der Waals surface area (Å²) in [5.41, 5.74) is 6.08. The second kappa shape index (κ2) is 12.0. The van der Waals surface area contributed by atoms with Gasteiger partial charge in [0.05, 0.1) is 4.91 Å². The fourth-order valence-corrected chi connectivity index (χ4v) is 4.79. The first-order valence-electron chi connectivity index (χ1n) is 12.3. The van der Waals surface area contributed by atoms with Crippen LogP contribution < -0.4 is 15.4 Å². The molecular weight excluding hydrogens is 514 g/mol. The lowest BCUT2D eigenvalue weighted by Crippen LogP contribution is -2.36. The Morgan fingerprint density at radius 1 is 0.846 bits per heavy atom. The van der Waals surface area contributed by atoms with Gasteiger partial charge < -0.3 is 15.4 Å². The Bertz CT molecular complexity index is 1460. The predicted octanol–water partition coefficient (Wildman–Crippen LogP) is 5.61. The molecule has 1 heterocycles. The maximum atomic E-state index is 12.8. The summed E-state index contributed by atoms with van der Waals surface area (Å²) in [5, 5.41) is 5.10. The highest BCUT2D eigenvalue weighted by atomic mass is 32.2. The van der Waals surface area contributed by atoms with Crippen LogP contribution >= 0.6 is 11.8 Å². The third-order valence-electron chi connectivity index (χ3n) is 6.26. The molecule has 4 rings (SSSR count). The van der Waals surface area contributed by atoms with E-state index in [1.54, 1.807) is 30.3 Å². The SMILES string of the molecule is Cc1ccc(NC(=O)COc2ccc(/C=C3\SC(=O)N(CC(=O)Nc4c(C)cccc4C)C3=O)cc2)cc1C. The highest BCUT2D eigenvalue weighted by Gasteiger charge is 2.36. The van der Waals surface area contributed by atoms with Gasteiger partial charge >= 0.3 is 0 Å². The van der Waals surface area contributed by atoms with Crippen molar-refractivity contribution < 1.29 is 23.9 Å². The molecule has 2 N–H and O–H groups in total. The molecule has 3 aromatic rings. The van der Waals surface area contributed by atoms with Crippen molar-refractivity contribution in [2.24, 2.45) is 0 Å². The van der Waals surface area contributed by atoms with Crippen LogP contribution in [-0.4, -0.2) is 41.0 Å². The highest BCUT2D eigenvalue weighted by Crippen LogP contribution is 2.32. The summed E-state index contributed by atoms with van der Waals surface area (Å²) >= 11 is 0.787. The van der Waals surface area contributed by atoms with Crippen molar-refractivity contribution in [3.05, 3.63) is 93.4 Å². The standard InChI is InChI=1S/C30H29N3O5S/c1-18-8-11-23(14-21(18)4)31-27(35)17-38-24-12-9-22(10-13-24)15-25-29(36)33(30(37)39-25)16-26(34)32-28-19(2)6-5-7-20(28)3/h5-15H,16-17H2,1-4H3,(H,31,35)(H,32,34)/b25-15-. The zero-order valence-corrected chi connectivity index (χ0v) is 23.0. The minimum atomic E-state index is -0.523. The Labute approximate surface area is 231 Å². The lowest BCUT2D eigenvalue weighted by Gasteiger charge is -2.15. The minimum Gasteiger partial charge on any atom is -0.484 e. The van der Waals surface area contributed by atoms with E-state index in [1.807, 2.05) is 64.1 Å². The fraction of sp³-hybridized carbons (Fsp3) is 0.200. The molecular formula is C30H29N3O5S. The molecule has 1 saturated heterocycles. The molecule has 0 bridgehead atoms. The molecule has 0 aromatic heterocycles. The van der Waals surface area contributed by atoms with E-state index in [0.29, 0.717) is 22.7 Å². The second-order valence-corrected chi connectivity index (χ2v) is 10.3. The molecule has 8 nitrogen and oxygen atoms in total. The van der Waals surface area contributed by atoms with E-state index >= 15 is 0 Å². The average molecular weight is 544 g/mol. The van der Waals surface area contributed by atoms with E-state index in [1.165, 1.54) is 0 Å². The lowest BCUT2D eigenvalue weighted by molar-refractivity contribution is -0.127. The summed E-state index contributed by atoms with van der Waals surface area (Å²) in [6.45, 7) is 7.22. The van der Waals surface area contributed by atoms with Crippen LogP contribution in [0.1, 0.15) is 27.8 Å². The summed E-state index contributed by atoms with van der Waals surface area (Å²) in [5.74, 6) is -0.764. The van der Waals surface area contributed by atoms with Gasteiger partial charge in [-0.25, -0.2) is 0 Å². The molecule has 1 aliphatic rings. The van der Waals surface area contributed by atoms with Crippen molar-refractivity contribution in [1.29, 1.82) is 0 Å². The number of carbonyl (C=O) groups is 4. The first kappa shape index (κ1) is 27.7. The van der Waals surface area contributed by atoms with Crippen LogP contribution in [-0.2, 0) is 14.4 Å². The van der Waals surface area contributed by atoms with Gasteiger partial charge in [0.25, 0.3) is 17.1 Å². The number of aryl methyl sites for hydroxylation is 4. The zero-order valence-electron chi connectivity index (χ0n) is 22.2. The van der Waals surface area contributed by atoms with Crippen molar-refractivity contribution in [2.75, 3.05) is 23.8 Å². The summed E-state index contributed by atoms with van der Waals surface area (Å²) in [4.78, 5) is 51.3. The van der Waals surface area contributed by atoms with Crippen LogP contribution in [0.15, 0.2) is 65.6 Å². The summed E-state index contributed by atoms with van der Waals surface area (Å²) in [6, 6.07) is 18.1. The van der Waals surface area contributed by atoms with Crippen molar-refractivity contribution in [3.63, 3.8) is 0 Å². The van der Waals surface area contributed by atoms with Gasteiger partial charge in [0.1, 0.15) is 12.3 Å². The molecule has 0 radical (unpaired) electrons. The molecule has 3 aromatic carbocycles. The van der Waals surface area contributed by atoms with E-state index < -0.39 is 17.1 Å². The van der Waals surface area contributed by atoms with Crippen LogP contribution in [0, 0.1) is 27.7 Å². The van der Waals surface area contributed by atoms with Gasteiger partial charge in [-0.1, -0.05) is 36.4 Å². The number of carbonyl (C=O) groups excluding carboxylic acids is 4. The Morgan fingerprint density at radius 2 is 1.54 bits per heavy atom. The van der Waals surface area contributed by atoms with Crippen LogP contribution in [0.5, 0.6) is 5.75 Å². The normalized spacial score (nSPS) is 14.1. The van der Waals surface area contributed by atoms with Crippen LogP contribution in [0.3, 0.4) is 0 Å². The molecule has 0 unspecified atom stereocenters. The van der Waals surface area contributed by atoms with Gasteiger partial charge in [0.15, 0.2) is 6.61 Å². The van der Waals surface area contributed by atoms with E-state index in [4.69, 9.17) is 4.74 Å². The number of ether oxygens (including phenoxy) is 1. The molecule has 39 heavy (non-hydrogen) atoms. The summed E-state index contributed by atoms with van der Waals surface area (Å²) < 4.78 is 5.57. The Morgan fingerprint density at radius 3 is 2.21 bits per heavy atom. The van der Waals surface area contributed by atoms with Gasteiger partial charge in [-0.05, 0) is 97.6 Å². The Balaban J connectivity index is 1.32. The number of para-hydroxylation sites is 1. The quantitative estimate of drug-likeness (QED) is 0.358. The van der Waals surface area contributed by atoms with Gasteiger partial charge in [-0.3, -0.25) is 24.1 Å². The molecule has 0 spiro atoms. The molecule has 0 saturated carbocycles. The largest absolute Gasteiger partial charge is 0.484 e. The van der Waals surface area contributed by atoms with Crippen LogP contribution in [0.4, 0.5) is 16.2 Å². The maximum absolute atomic E-state index is 12.8. The number of thioether (sulfide) groups is 1. The van der Waals surface area contributed by atoms with Crippen LogP contribution in [0.25, 0.3) is 6.08 Å². The minimum absolute atomic E-state index is 0.157. The number of nitrogens with one attached hydrogen (secondary N) is 2. The number of nitrogens with zero attached hydrogens (tertiary/aromatic N) is 1. The maximum Gasteiger partial charge on any atom is 0.294 e. The van der Waals surface area contributed by atoms with E-state index in [2.05, 4.69) is 10.6 Å². The fourth-order valence-electron chi connectivity index (χ4n) is 3.95. The van der Waals surface area contributed by atoms with Crippen molar-refractivity contribution in [3.8, 4) is 5.75 Å². The monoisotopic (exact) mass is 543 g/mol. The molecule has 0 aliphatic carbocycles. The number of imide groups is 1. The smallest absolute Gasteiger partial charge is 0.294 e. The van der Waals surface area contributed by atoms with Gasteiger partial charge in [-0.15, -0.1) is 0 Å². The molecule has 0 atom stereocenters. The highest BCUT2D eigenvalue weighted by molar-refractivity contribution is 8.18. The molecule has 200 valence electrons. The Kier molecular flexibility index (Phi) is 8.51. The van der Waals surface area contributed by atoms with E-state index in [9.17, 15) is 19.2 Å². The van der Waals surface area contributed by atoms with Crippen molar-refractivity contribution >= 4 is 52.2 Å². The predicted molar refractivity (Wildman–Crippen MR) is 154 cm³/mol. The lowest BCUT2D eigenvalue weighted by atomic mass is 10.1. The summed E-state index contributed by atoms with van der Waals surface area (Å²) in [7, 11) is 0. The number of hydrogen-bond acceptors (Lipinski definition) is 6. The number of anilines is 2. The van der Waals surface area contributed by atoms with E-state index in [0.717, 1.165) is 38.9 Å². The van der Waals surface area contributed by atoms with E-state index in [-0.39, 0.29) is 24.0 Å². The first-order valence-corrected chi connectivity index (χ1v) is 13.1. The second-order valence-electron chi connectivity index (χ2n) is 9.29. The number of rotatable bonds is 8. The average Bonchev–Trinajstić information content (AvgIpc) is 3.15. The van der Waals surface area contributed by atoms with Crippen molar-refractivity contribution in [2.45, 2.75) is 27.7 Å². The number of benzene rings is 3. The van der Waals surface area contributed by atoms with Crippen molar-refractivity contribution in [1.82, 2.24) is 4.90 Å². The third-order valence-corrected chi connectivity index (χ3v) is 7.17. The van der Waals surface area contributed by atoms with Crippen LogP contribution in [0.2, 0.25) is 0 Å². The number of hydrogen-bond donors (Lipinski definition) is 2. The van der Waals surface area contributed by atoms with Gasteiger partial charge in [0, 0.05) is 11.4 Å². The van der Waals surface area contributed by atoms with Gasteiger partial charge in [-0.2, -0.15) is 0 Å². The molecule has 1 aliphatic heterocycles. The molecule has 4 amide bonds. The summed E-state index contributed by atoms with van der Waals surface area (Å²) in [6.07, 6.45) is 1.59. The topological polar surface area (TPSA) is 105 Å². The molecule has 1 fully saturated rings.